The first-order chi connectivity index (χ1) is 8.81. The van der Waals surface area contributed by atoms with Crippen molar-refractivity contribution in [2.75, 3.05) is 13.3 Å². The van der Waals surface area contributed by atoms with Gasteiger partial charge in [-0.2, -0.15) is 0 Å². The Labute approximate surface area is 108 Å². The molecule has 1 aromatic rings. The zero-order valence-corrected chi connectivity index (χ0v) is 10.7. The first-order valence-electron chi connectivity index (χ1n) is 6.66. The Morgan fingerprint density at radius 2 is 2.11 bits per heavy atom. The SMILES string of the molecule is CC(CNC1CC1)NCc1ccc2c(c1)OCO2. The van der Waals surface area contributed by atoms with Gasteiger partial charge in [0.15, 0.2) is 11.5 Å². The molecule has 4 nitrogen and oxygen atoms in total. The summed E-state index contributed by atoms with van der Waals surface area (Å²) in [4.78, 5) is 0. The molecule has 4 heteroatoms. The molecule has 0 spiro atoms. The lowest BCUT2D eigenvalue weighted by Gasteiger charge is -2.14. The Morgan fingerprint density at radius 3 is 2.94 bits per heavy atom. The van der Waals surface area contributed by atoms with Crippen molar-refractivity contribution in [3.8, 4) is 11.5 Å². The summed E-state index contributed by atoms with van der Waals surface area (Å²) in [5.41, 5.74) is 1.23. The van der Waals surface area contributed by atoms with Crippen molar-refractivity contribution < 1.29 is 9.47 Å². The number of ether oxygens (including phenoxy) is 2. The summed E-state index contributed by atoms with van der Waals surface area (Å²) in [6.45, 7) is 4.45. The van der Waals surface area contributed by atoms with Gasteiger partial charge in [0, 0.05) is 25.2 Å². The highest BCUT2D eigenvalue weighted by molar-refractivity contribution is 5.44. The second-order valence-electron chi connectivity index (χ2n) is 5.15. The second-order valence-corrected chi connectivity index (χ2v) is 5.15. The Kier molecular flexibility index (Phi) is 3.39. The first kappa shape index (κ1) is 11.8. The van der Waals surface area contributed by atoms with Gasteiger partial charge in [-0.15, -0.1) is 0 Å². The summed E-state index contributed by atoms with van der Waals surface area (Å²) in [6, 6.07) is 7.38. The van der Waals surface area contributed by atoms with E-state index >= 15 is 0 Å². The highest BCUT2D eigenvalue weighted by Crippen LogP contribution is 2.32. The first-order valence-corrected chi connectivity index (χ1v) is 6.66. The van der Waals surface area contributed by atoms with E-state index in [9.17, 15) is 0 Å². The summed E-state index contributed by atoms with van der Waals surface area (Å²) >= 11 is 0. The molecular weight excluding hydrogens is 228 g/mol. The van der Waals surface area contributed by atoms with Crippen LogP contribution in [0.3, 0.4) is 0 Å². The van der Waals surface area contributed by atoms with Gasteiger partial charge in [0.1, 0.15) is 0 Å². The zero-order chi connectivity index (χ0) is 12.4. The van der Waals surface area contributed by atoms with Gasteiger partial charge in [0.25, 0.3) is 0 Å². The van der Waals surface area contributed by atoms with Crippen LogP contribution in [0.15, 0.2) is 18.2 Å². The van der Waals surface area contributed by atoms with E-state index in [2.05, 4.69) is 29.7 Å². The largest absolute Gasteiger partial charge is 0.454 e. The summed E-state index contributed by atoms with van der Waals surface area (Å²) in [6.07, 6.45) is 2.68. The van der Waals surface area contributed by atoms with Gasteiger partial charge < -0.3 is 20.1 Å². The molecule has 0 amide bonds. The molecule has 1 aliphatic heterocycles. The van der Waals surface area contributed by atoms with Crippen LogP contribution < -0.4 is 20.1 Å². The molecule has 3 rings (SSSR count). The minimum absolute atomic E-state index is 0.341. The van der Waals surface area contributed by atoms with Crippen LogP contribution in [0.2, 0.25) is 0 Å². The number of hydrogen-bond donors (Lipinski definition) is 2. The maximum Gasteiger partial charge on any atom is 0.231 e. The average Bonchev–Trinajstić information content (AvgIpc) is 3.10. The number of hydrogen-bond acceptors (Lipinski definition) is 4. The van der Waals surface area contributed by atoms with Crippen molar-refractivity contribution >= 4 is 0 Å². The summed E-state index contributed by atoms with van der Waals surface area (Å²) in [7, 11) is 0. The molecule has 1 fully saturated rings. The molecule has 0 bridgehead atoms. The molecule has 1 unspecified atom stereocenters. The normalized spacial score (nSPS) is 18.9. The molecule has 2 aliphatic rings. The van der Waals surface area contributed by atoms with Crippen molar-refractivity contribution in [2.45, 2.75) is 38.4 Å². The van der Waals surface area contributed by atoms with Crippen molar-refractivity contribution in [2.24, 2.45) is 0 Å². The fourth-order valence-electron chi connectivity index (χ4n) is 2.05. The van der Waals surface area contributed by atoms with Crippen molar-refractivity contribution in [1.82, 2.24) is 10.6 Å². The third kappa shape index (κ3) is 2.94. The average molecular weight is 248 g/mol. The third-order valence-electron chi connectivity index (χ3n) is 3.38. The molecule has 0 radical (unpaired) electrons. The van der Waals surface area contributed by atoms with E-state index in [1.54, 1.807) is 0 Å². The maximum atomic E-state index is 5.37. The predicted octanol–water partition coefficient (Wildman–Crippen LogP) is 1.65. The van der Waals surface area contributed by atoms with Crippen LogP contribution in [0.4, 0.5) is 0 Å². The summed E-state index contributed by atoms with van der Waals surface area (Å²) in [5, 5.41) is 7.04. The van der Waals surface area contributed by atoms with Gasteiger partial charge in [-0.05, 0) is 37.5 Å². The van der Waals surface area contributed by atoms with E-state index in [-0.39, 0.29) is 0 Å². The summed E-state index contributed by atoms with van der Waals surface area (Å²) < 4.78 is 10.7. The van der Waals surface area contributed by atoms with E-state index in [4.69, 9.17) is 9.47 Å². The Bertz CT molecular complexity index is 418. The van der Waals surface area contributed by atoms with Crippen LogP contribution in [0, 0.1) is 0 Å². The fourth-order valence-corrected chi connectivity index (χ4v) is 2.05. The number of rotatable bonds is 6. The fraction of sp³-hybridized carbons (Fsp3) is 0.571. The van der Waals surface area contributed by atoms with E-state index in [1.165, 1.54) is 18.4 Å². The highest BCUT2D eigenvalue weighted by Gasteiger charge is 2.20. The van der Waals surface area contributed by atoms with Crippen LogP contribution in [0.25, 0.3) is 0 Å². The standard InChI is InChI=1S/C14H20N2O2/c1-10(7-16-12-3-4-12)15-8-11-2-5-13-14(6-11)18-9-17-13/h2,5-6,10,12,15-16H,3-4,7-9H2,1H3. The second kappa shape index (κ2) is 5.16. The van der Waals surface area contributed by atoms with Gasteiger partial charge in [-0.3, -0.25) is 0 Å². The quantitative estimate of drug-likeness (QED) is 0.803. The van der Waals surface area contributed by atoms with Crippen molar-refractivity contribution in [1.29, 1.82) is 0 Å². The maximum absolute atomic E-state index is 5.37. The Morgan fingerprint density at radius 1 is 1.28 bits per heavy atom. The van der Waals surface area contributed by atoms with Gasteiger partial charge in [-0.1, -0.05) is 6.07 Å². The van der Waals surface area contributed by atoms with Crippen molar-refractivity contribution in [3.63, 3.8) is 0 Å². The summed E-state index contributed by atoms with van der Waals surface area (Å²) in [5.74, 6) is 1.71. The number of fused-ring (bicyclic) bond motifs is 1. The molecule has 2 N–H and O–H groups in total. The topological polar surface area (TPSA) is 42.5 Å². The predicted molar refractivity (Wildman–Crippen MR) is 69.9 cm³/mol. The molecule has 0 saturated heterocycles. The molecule has 1 aromatic carbocycles. The lowest BCUT2D eigenvalue weighted by atomic mass is 10.2. The van der Waals surface area contributed by atoms with Gasteiger partial charge in [-0.25, -0.2) is 0 Å². The molecule has 1 atom stereocenters. The molecule has 1 saturated carbocycles. The van der Waals surface area contributed by atoms with Crippen LogP contribution in [0.1, 0.15) is 25.3 Å². The monoisotopic (exact) mass is 248 g/mol. The smallest absolute Gasteiger partial charge is 0.231 e. The minimum Gasteiger partial charge on any atom is -0.454 e. The molecular formula is C14H20N2O2. The van der Waals surface area contributed by atoms with Gasteiger partial charge in [0.2, 0.25) is 6.79 Å². The Hall–Kier alpha value is -1.26. The van der Waals surface area contributed by atoms with E-state index in [0.717, 1.165) is 30.6 Å². The lowest BCUT2D eigenvalue weighted by Crippen LogP contribution is -2.36. The van der Waals surface area contributed by atoms with Crippen LogP contribution in [0.5, 0.6) is 11.5 Å². The molecule has 1 heterocycles. The van der Waals surface area contributed by atoms with E-state index < -0.39 is 0 Å². The van der Waals surface area contributed by atoms with Gasteiger partial charge in [0.05, 0.1) is 0 Å². The molecule has 0 aromatic heterocycles. The Balaban J connectivity index is 1.46. The van der Waals surface area contributed by atoms with Crippen LogP contribution in [-0.2, 0) is 6.54 Å². The third-order valence-corrected chi connectivity index (χ3v) is 3.38. The molecule has 1 aliphatic carbocycles. The van der Waals surface area contributed by atoms with Crippen molar-refractivity contribution in [3.05, 3.63) is 23.8 Å². The number of benzene rings is 1. The number of nitrogens with one attached hydrogen (secondary N) is 2. The van der Waals surface area contributed by atoms with E-state index in [1.807, 2.05) is 6.07 Å². The van der Waals surface area contributed by atoms with Gasteiger partial charge >= 0.3 is 0 Å². The zero-order valence-electron chi connectivity index (χ0n) is 10.7. The minimum atomic E-state index is 0.341. The molecule has 18 heavy (non-hydrogen) atoms. The van der Waals surface area contributed by atoms with Crippen LogP contribution in [-0.4, -0.2) is 25.4 Å². The lowest BCUT2D eigenvalue weighted by molar-refractivity contribution is 0.174. The molecule has 98 valence electrons. The van der Waals surface area contributed by atoms with E-state index in [0.29, 0.717) is 12.8 Å². The van der Waals surface area contributed by atoms with Crippen LogP contribution >= 0.6 is 0 Å². The highest BCUT2D eigenvalue weighted by atomic mass is 16.7.